The molecule has 3 nitrogen and oxygen atoms in total. The molecule has 100 valence electrons. The van der Waals surface area contributed by atoms with Crippen LogP contribution in [0.4, 0.5) is 5.82 Å². The van der Waals surface area contributed by atoms with Crippen LogP contribution < -0.4 is 11.1 Å². The highest BCUT2D eigenvalue weighted by Gasteiger charge is 2.06. The SMILES string of the molecule is CC(C)CNc1nc(-c2ccccc2)ccc1CN. The molecule has 1 aromatic heterocycles. The van der Waals surface area contributed by atoms with Crippen LogP contribution in [0, 0.1) is 5.92 Å². The molecule has 0 radical (unpaired) electrons. The number of rotatable bonds is 5. The number of aromatic nitrogens is 1. The Labute approximate surface area is 114 Å². The molecule has 0 saturated carbocycles. The number of anilines is 1. The van der Waals surface area contributed by atoms with Gasteiger partial charge in [0.2, 0.25) is 0 Å². The first-order valence-corrected chi connectivity index (χ1v) is 6.70. The maximum Gasteiger partial charge on any atom is 0.131 e. The predicted molar refractivity (Wildman–Crippen MR) is 80.9 cm³/mol. The molecule has 0 aliphatic carbocycles. The van der Waals surface area contributed by atoms with E-state index in [4.69, 9.17) is 10.7 Å². The normalized spacial score (nSPS) is 10.7. The van der Waals surface area contributed by atoms with Gasteiger partial charge in [-0.05, 0) is 12.0 Å². The van der Waals surface area contributed by atoms with Gasteiger partial charge in [-0.15, -0.1) is 0 Å². The first-order chi connectivity index (χ1) is 9.20. The van der Waals surface area contributed by atoms with Crippen LogP contribution in [0.3, 0.4) is 0 Å². The Bertz CT molecular complexity index is 521. The highest BCUT2D eigenvalue weighted by atomic mass is 15.0. The zero-order chi connectivity index (χ0) is 13.7. The molecule has 0 atom stereocenters. The summed E-state index contributed by atoms with van der Waals surface area (Å²) in [6.07, 6.45) is 0. The summed E-state index contributed by atoms with van der Waals surface area (Å²) in [4.78, 5) is 4.69. The maximum absolute atomic E-state index is 5.77. The second kappa shape index (κ2) is 6.34. The summed E-state index contributed by atoms with van der Waals surface area (Å²) in [5.41, 5.74) is 8.92. The monoisotopic (exact) mass is 255 g/mol. The number of benzene rings is 1. The van der Waals surface area contributed by atoms with Crippen molar-refractivity contribution in [1.82, 2.24) is 4.98 Å². The minimum atomic E-state index is 0.502. The summed E-state index contributed by atoms with van der Waals surface area (Å²) in [5, 5.41) is 3.38. The Morgan fingerprint density at radius 1 is 1.11 bits per heavy atom. The minimum Gasteiger partial charge on any atom is -0.370 e. The zero-order valence-corrected chi connectivity index (χ0v) is 11.6. The van der Waals surface area contributed by atoms with Crippen molar-refractivity contribution in [2.75, 3.05) is 11.9 Å². The molecule has 0 aliphatic heterocycles. The molecular formula is C16H21N3. The van der Waals surface area contributed by atoms with Gasteiger partial charge in [0.05, 0.1) is 5.69 Å². The summed E-state index contributed by atoms with van der Waals surface area (Å²) < 4.78 is 0. The van der Waals surface area contributed by atoms with E-state index < -0.39 is 0 Å². The van der Waals surface area contributed by atoms with Crippen molar-refractivity contribution in [3.05, 3.63) is 48.0 Å². The van der Waals surface area contributed by atoms with Crippen LogP contribution in [0.25, 0.3) is 11.3 Å². The predicted octanol–water partition coefficient (Wildman–Crippen LogP) is 3.28. The summed E-state index contributed by atoms with van der Waals surface area (Å²) in [5.74, 6) is 1.48. The molecule has 19 heavy (non-hydrogen) atoms. The highest BCUT2D eigenvalue weighted by molar-refractivity contribution is 5.62. The zero-order valence-electron chi connectivity index (χ0n) is 11.6. The lowest BCUT2D eigenvalue weighted by Crippen LogP contribution is -2.12. The van der Waals surface area contributed by atoms with E-state index in [2.05, 4.69) is 37.4 Å². The van der Waals surface area contributed by atoms with E-state index in [0.29, 0.717) is 12.5 Å². The molecule has 0 amide bonds. The Hall–Kier alpha value is -1.87. The van der Waals surface area contributed by atoms with Crippen LogP contribution in [0.15, 0.2) is 42.5 Å². The minimum absolute atomic E-state index is 0.502. The Morgan fingerprint density at radius 2 is 1.84 bits per heavy atom. The van der Waals surface area contributed by atoms with Crippen LogP contribution in [-0.2, 0) is 6.54 Å². The fourth-order valence-corrected chi connectivity index (χ4v) is 1.88. The molecular weight excluding hydrogens is 234 g/mol. The van der Waals surface area contributed by atoms with Gasteiger partial charge in [-0.2, -0.15) is 0 Å². The lowest BCUT2D eigenvalue weighted by Gasteiger charge is -2.13. The van der Waals surface area contributed by atoms with E-state index in [1.807, 2.05) is 24.3 Å². The molecule has 0 spiro atoms. The second-order valence-corrected chi connectivity index (χ2v) is 5.05. The molecule has 0 unspecified atom stereocenters. The van der Waals surface area contributed by atoms with Crippen LogP contribution in [0.1, 0.15) is 19.4 Å². The maximum atomic E-state index is 5.77. The molecule has 0 bridgehead atoms. The molecule has 3 N–H and O–H groups in total. The quantitative estimate of drug-likeness (QED) is 0.862. The third kappa shape index (κ3) is 3.55. The van der Waals surface area contributed by atoms with Gasteiger partial charge in [0, 0.05) is 24.2 Å². The molecule has 0 fully saturated rings. The first-order valence-electron chi connectivity index (χ1n) is 6.70. The van der Waals surface area contributed by atoms with E-state index in [1.54, 1.807) is 0 Å². The van der Waals surface area contributed by atoms with Gasteiger partial charge in [-0.25, -0.2) is 4.98 Å². The highest BCUT2D eigenvalue weighted by Crippen LogP contribution is 2.21. The Kier molecular flexibility index (Phi) is 4.53. The van der Waals surface area contributed by atoms with Crippen molar-refractivity contribution in [1.29, 1.82) is 0 Å². The first kappa shape index (κ1) is 13.6. The van der Waals surface area contributed by atoms with Crippen molar-refractivity contribution in [2.45, 2.75) is 20.4 Å². The summed E-state index contributed by atoms with van der Waals surface area (Å²) in [6.45, 7) is 5.76. The lowest BCUT2D eigenvalue weighted by molar-refractivity contribution is 0.686. The third-order valence-electron chi connectivity index (χ3n) is 2.95. The number of nitrogens with one attached hydrogen (secondary N) is 1. The number of pyridine rings is 1. The number of nitrogens with two attached hydrogens (primary N) is 1. The van der Waals surface area contributed by atoms with Crippen LogP contribution in [0.5, 0.6) is 0 Å². The topological polar surface area (TPSA) is 50.9 Å². The van der Waals surface area contributed by atoms with E-state index in [-0.39, 0.29) is 0 Å². The van der Waals surface area contributed by atoms with Crippen molar-refractivity contribution in [3.8, 4) is 11.3 Å². The third-order valence-corrected chi connectivity index (χ3v) is 2.95. The van der Waals surface area contributed by atoms with Gasteiger partial charge in [0.25, 0.3) is 0 Å². The Balaban J connectivity index is 2.30. The molecule has 0 saturated heterocycles. The molecule has 1 aromatic carbocycles. The molecule has 3 heteroatoms. The summed E-state index contributed by atoms with van der Waals surface area (Å²) >= 11 is 0. The van der Waals surface area contributed by atoms with Crippen molar-refractivity contribution in [3.63, 3.8) is 0 Å². The van der Waals surface area contributed by atoms with Crippen LogP contribution in [-0.4, -0.2) is 11.5 Å². The van der Waals surface area contributed by atoms with Crippen molar-refractivity contribution in [2.24, 2.45) is 11.7 Å². The molecule has 2 rings (SSSR count). The lowest BCUT2D eigenvalue weighted by atomic mass is 10.1. The Morgan fingerprint density at radius 3 is 2.47 bits per heavy atom. The summed E-state index contributed by atoms with van der Waals surface area (Å²) in [7, 11) is 0. The standard InChI is InChI=1S/C16H21N3/c1-12(2)11-18-16-14(10-17)8-9-15(19-16)13-6-4-3-5-7-13/h3-9,12H,10-11,17H2,1-2H3,(H,18,19). The smallest absolute Gasteiger partial charge is 0.131 e. The average Bonchev–Trinajstić information content (AvgIpc) is 2.45. The van der Waals surface area contributed by atoms with Gasteiger partial charge < -0.3 is 11.1 Å². The second-order valence-electron chi connectivity index (χ2n) is 5.05. The summed E-state index contributed by atoms with van der Waals surface area (Å²) in [6, 6.07) is 14.3. The van der Waals surface area contributed by atoms with Crippen LogP contribution in [0.2, 0.25) is 0 Å². The van der Waals surface area contributed by atoms with E-state index in [1.165, 1.54) is 0 Å². The number of hydrogen-bond donors (Lipinski definition) is 2. The number of hydrogen-bond acceptors (Lipinski definition) is 3. The molecule has 0 aliphatic rings. The van der Waals surface area contributed by atoms with Gasteiger partial charge >= 0.3 is 0 Å². The largest absolute Gasteiger partial charge is 0.370 e. The van der Waals surface area contributed by atoms with E-state index >= 15 is 0 Å². The average molecular weight is 255 g/mol. The number of nitrogens with zero attached hydrogens (tertiary/aromatic N) is 1. The van der Waals surface area contributed by atoms with Gasteiger partial charge in [0.15, 0.2) is 0 Å². The molecule has 1 heterocycles. The fourth-order valence-electron chi connectivity index (χ4n) is 1.88. The van der Waals surface area contributed by atoms with Gasteiger partial charge in [-0.1, -0.05) is 50.2 Å². The van der Waals surface area contributed by atoms with E-state index in [9.17, 15) is 0 Å². The van der Waals surface area contributed by atoms with Crippen LogP contribution >= 0.6 is 0 Å². The van der Waals surface area contributed by atoms with Gasteiger partial charge in [0.1, 0.15) is 5.82 Å². The van der Waals surface area contributed by atoms with Crippen molar-refractivity contribution >= 4 is 5.82 Å². The van der Waals surface area contributed by atoms with E-state index in [0.717, 1.165) is 29.2 Å². The van der Waals surface area contributed by atoms with Gasteiger partial charge in [-0.3, -0.25) is 0 Å². The fraction of sp³-hybridized carbons (Fsp3) is 0.312. The van der Waals surface area contributed by atoms with Crippen molar-refractivity contribution < 1.29 is 0 Å². The molecule has 2 aromatic rings.